The van der Waals surface area contributed by atoms with Gasteiger partial charge >= 0.3 is 0 Å². The molecule has 3 N–H and O–H groups in total. The first-order chi connectivity index (χ1) is 14.2. The third-order valence-electron chi connectivity index (χ3n) is 6.00. The summed E-state index contributed by atoms with van der Waals surface area (Å²) in [6.07, 6.45) is 4.01. The van der Waals surface area contributed by atoms with E-state index in [4.69, 9.17) is 16.3 Å². The molecule has 2 aliphatic heterocycles. The smallest absolute Gasteiger partial charge is 0.239 e. The summed E-state index contributed by atoms with van der Waals surface area (Å²) in [6, 6.07) is 3.35. The van der Waals surface area contributed by atoms with Gasteiger partial charge in [-0.1, -0.05) is 18.5 Å². The molecule has 0 bridgehead atoms. The number of anilines is 1. The number of amides is 2. The van der Waals surface area contributed by atoms with Crippen LogP contribution in [0.3, 0.4) is 0 Å². The zero-order chi connectivity index (χ0) is 21.8. The van der Waals surface area contributed by atoms with Crippen molar-refractivity contribution >= 4 is 29.2 Å². The highest BCUT2D eigenvalue weighted by molar-refractivity contribution is 6.30. The molecule has 2 atom stereocenters. The van der Waals surface area contributed by atoms with Gasteiger partial charge in [-0.05, 0) is 38.3 Å². The van der Waals surface area contributed by atoms with Crippen LogP contribution in [0.2, 0.25) is 5.02 Å². The molecule has 1 aromatic rings. The van der Waals surface area contributed by atoms with Crippen LogP contribution in [0.15, 0.2) is 18.3 Å². The Kier molecular flexibility index (Phi) is 7.34. The van der Waals surface area contributed by atoms with E-state index in [2.05, 4.69) is 20.5 Å². The zero-order valence-corrected chi connectivity index (χ0v) is 18.4. The normalized spacial score (nSPS) is 26.3. The number of nitrogens with one attached hydrogen (secondary N) is 2. The van der Waals surface area contributed by atoms with E-state index in [9.17, 15) is 14.7 Å². The highest BCUT2D eigenvalue weighted by Crippen LogP contribution is 2.39. The molecular formula is C21H31ClN4O4. The summed E-state index contributed by atoms with van der Waals surface area (Å²) in [5.74, 6) is 0.305. The molecule has 8 nitrogen and oxygen atoms in total. The largest absolute Gasteiger partial charge is 0.388 e. The predicted molar refractivity (Wildman–Crippen MR) is 114 cm³/mol. The van der Waals surface area contributed by atoms with Crippen molar-refractivity contribution in [3.05, 3.63) is 23.4 Å². The molecule has 2 aliphatic rings. The third kappa shape index (κ3) is 5.69. The van der Waals surface area contributed by atoms with Gasteiger partial charge in [0.05, 0.1) is 29.3 Å². The molecule has 166 valence electrons. The van der Waals surface area contributed by atoms with Gasteiger partial charge in [-0.3, -0.25) is 14.5 Å². The Morgan fingerprint density at radius 3 is 2.70 bits per heavy atom. The Morgan fingerprint density at radius 1 is 1.33 bits per heavy atom. The Bertz CT molecular complexity index is 752. The second kappa shape index (κ2) is 9.60. The first-order valence-electron chi connectivity index (χ1n) is 10.5. The van der Waals surface area contributed by atoms with E-state index in [1.54, 1.807) is 12.1 Å². The number of halogens is 1. The Balaban J connectivity index is 1.52. The maximum Gasteiger partial charge on any atom is 0.239 e. The molecule has 0 aromatic carbocycles. The highest BCUT2D eigenvalue weighted by Gasteiger charge is 2.50. The molecule has 3 rings (SSSR count). The number of pyridine rings is 1. The fraction of sp³-hybridized carbons (Fsp3) is 0.667. The number of aliphatic hydroxyl groups is 1. The average Bonchev–Trinajstić information content (AvgIpc) is 2.69. The number of piperidine rings is 1. The number of likely N-dealkylation sites (tertiary alicyclic amines) is 1. The van der Waals surface area contributed by atoms with E-state index in [1.165, 1.54) is 6.20 Å². The topological polar surface area (TPSA) is 104 Å². The lowest BCUT2D eigenvalue weighted by atomic mass is 9.74. The van der Waals surface area contributed by atoms with Crippen LogP contribution in [-0.4, -0.2) is 70.3 Å². The summed E-state index contributed by atoms with van der Waals surface area (Å²) < 4.78 is 6.06. The number of aromatic nitrogens is 1. The molecule has 2 amide bonds. The van der Waals surface area contributed by atoms with Gasteiger partial charge in [0.1, 0.15) is 11.9 Å². The van der Waals surface area contributed by atoms with Crippen molar-refractivity contribution < 1.29 is 19.4 Å². The summed E-state index contributed by atoms with van der Waals surface area (Å²) in [5.41, 5.74) is -1.09. The van der Waals surface area contributed by atoms with Crippen LogP contribution in [0.25, 0.3) is 0 Å². The van der Waals surface area contributed by atoms with Crippen LogP contribution in [0.4, 0.5) is 5.82 Å². The van der Waals surface area contributed by atoms with Crippen molar-refractivity contribution in [1.82, 2.24) is 15.2 Å². The Morgan fingerprint density at radius 2 is 2.07 bits per heavy atom. The lowest BCUT2D eigenvalue weighted by Gasteiger charge is -2.52. The van der Waals surface area contributed by atoms with E-state index < -0.39 is 17.2 Å². The minimum absolute atomic E-state index is 0.0407. The molecule has 0 radical (unpaired) electrons. The number of rotatable bonds is 6. The Hall–Kier alpha value is -1.74. The van der Waals surface area contributed by atoms with E-state index >= 15 is 0 Å². The van der Waals surface area contributed by atoms with Crippen molar-refractivity contribution in [2.24, 2.45) is 0 Å². The van der Waals surface area contributed by atoms with Crippen LogP contribution >= 0.6 is 11.6 Å². The van der Waals surface area contributed by atoms with Gasteiger partial charge in [-0.2, -0.15) is 0 Å². The third-order valence-corrected chi connectivity index (χ3v) is 6.23. The van der Waals surface area contributed by atoms with Gasteiger partial charge < -0.3 is 20.5 Å². The minimum Gasteiger partial charge on any atom is -0.388 e. The van der Waals surface area contributed by atoms with Crippen molar-refractivity contribution in [3.8, 4) is 0 Å². The quantitative estimate of drug-likeness (QED) is 0.627. The fourth-order valence-corrected chi connectivity index (χ4v) is 4.40. The van der Waals surface area contributed by atoms with Gasteiger partial charge in [0, 0.05) is 32.1 Å². The molecule has 9 heteroatoms. The van der Waals surface area contributed by atoms with Crippen molar-refractivity contribution in [1.29, 1.82) is 0 Å². The van der Waals surface area contributed by atoms with Gasteiger partial charge in [0.25, 0.3) is 0 Å². The second-order valence-corrected chi connectivity index (χ2v) is 9.02. The number of nitrogens with zero attached hydrogens (tertiary/aromatic N) is 2. The summed E-state index contributed by atoms with van der Waals surface area (Å²) in [7, 11) is 0. The average molecular weight is 439 g/mol. The van der Waals surface area contributed by atoms with E-state index in [-0.39, 0.29) is 25.0 Å². The van der Waals surface area contributed by atoms with E-state index in [0.29, 0.717) is 36.8 Å². The molecule has 1 aromatic heterocycles. The lowest BCUT2D eigenvalue weighted by molar-refractivity contribution is -0.181. The van der Waals surface area contributed by atoms with Crippen LogP contribution in [-0.2, 0) is 14.3 Å². The summed E-state index contributed by atoms with van der Waals surface area (Å²) >= 11 is 5.81. The first-order valence-corrected chi connectivity index (χ1v) is 10.9. The number of carbonyl (C=O) groups excluding carboxylic acids is 2. The Labute approximate surface area is 182 Å². The van der Waals surface area contributed by atoms with Gasteiger partial charge in [-0.15, -0.1) is 0 Å². The molecule has 2 saturated heterocycles. The number of carbonyl (C=O) groups is 2. The van der Waals surface area contributed by atoms with Crippen LogP contribution in [0.5, 0.6) is 0 Å². The van der Waals surface area contributed by atoms with Gasteiger partial charge in [0.2, 0.25) is 11.8 Å². The molecule has 0 unspecified atom stereocenters. The zero-order valence-electron chi connectivity index (χ0n) is 17.6. The number of hydrogen-bond donors (Lipinski definition) is 3. The molecule has 0 aliphatic carbocycles. The standard InChI is InChI=1S/C21H31ClN4O4/c1-3-4-18(28)25-20(2)14-21(30-13-16(20)27)7-9-26(10-8-21)12-19(29)24-17-6-5-15(22)11-23-17/h5-6,11,16,27H,3-4,7-10,12-14H2,1-2H3,(H,25,28)(H,23,24,29)/t16-,20-/m0/s1. The van der Waals surface area contributed by atoms with Gasteiger partial charge in [0.15, 0.2) is 0 Å². The summed E-state index contributed by atoms with van der Waals surface area (Å²) in [6.45, 7) is 5.74. The van der Waals surface area contributed by atoms with E-state index in [0.717, 1.165) is 19.3 Å². The number of aliphatic hydroxyl groups excluding tert-OH is 1. The molecule has 0 saturated carbocycles. The van der Waals surface area contributed by atoms with Crippen molar-refractivity contribution in [2.45, 2.75) is 63.2 Å². The minimum atomic E-state index is -0.736. The maximum absolute atomic E-state index is 12.3. The number of hydrogen-bond acceptors (Lipinski definition) is 6. The lowest BCUT2D eigenvalue weighted by Crippen LogP contribution is -2.65. The SMILES string of the molecule is CCCC(=O)N[C@@]1(C)CC2(CCN(CC(=O)Nc3ccc(Cl)cn3)CC2)OC[C@@H]1O. The molecule has 1 spiro atoms. The molecular weight excluding hydrogens is 408 g/mol. The van der Waals surface area contributed by atoms with Crippen LogP contribution in [0.1, 0.15) is 46.0 Å². The van der Waals surface area contributed by atoms with Crippen molar-refractivity contribution in [3.63, 3.8) is 0 Å². The number of ether oxygens (including phenoxy) is 1. The van der Waals surface area contributed by atoms with Crippen LogP contribution in [0, 0.1) is 0 Å². The predicted octanol–water partition coefficient (Wildman–Crippen LogP) is 1.96. The van der Waals surface area contributed by atoms with Gasteiger partial charge in [-0.25, -0.2) is 4.98 Å². The molecule has 2 fully saturated rings. The summed E-state index contributed by atoms with van der Waals surface area (Å²) in [4.78, 5) is 30.6. The van der Waals surface area contributed by atoms with Crippen LogP contribution < -0.4 is 10.6 Å². The van der Waals surface area contributed by atoms with Crippen molar-refractivity contribution in [2.75, 3.05) is 31.6 Å². The fourth-order valence-electron chi connectivity index (χ4n) is 4.29. The monoisotopic (exact) mass is 438 g/mol. The first kappa shape index (κ1) is 22.9. The molecule has 3 heterocycles. The maximum atomic E-state index is 12.3. The molecule has 30 heavy (non-hydrogen) atoms. The highest BCUT2D eigenvalue weighted by atomic mass is 35.5. The van der Waals surface area contributed by atoms with E-state index in [1.807, 2.05) is 13.8 Å². The summed E-state index contributed by atoms with van der Waals surface area (Å²) in [5, 5.41) is 16.8. The second-order valence-electron chi connectivity index (χ2n) is 8.59.